The predicted molar refractivity (Wildman–Crippen MR) is 266 cm³/mol. The van der Waals surface area contributed by atoms with Crippen LogP contribution in [0.15, 0.2) is 0 Å². The number of carbonyl (C=O) groups excluding carboxylic acids is 4. The summed E-state index contributed by atoms with van der Waals surface area (Å²) in [7, 11) is -9.83. The highest BCUT2D eigenvalue weighted by molar-refractivity contribution is 7.47. The van der Waals surface area contributed by atoms with Crippen molar-refractivity contribution in [1.82, 2.24) is 0 Å². The highest BCUT2D eigenvalue weighted by atomic mass is 31.2. The standard InChI is InChI=1S/C50H96O17P2/c1-5-9-13-17-19-21-23-25-29-33-37-50(55)67-46(41-61-48(53)35-31-28-24-22-20-18-14-10-6-2)43-65-69(58,59)63-39-44(51)38-62-68(56,57)64-42-45(66-49(54)36-32-27-16-12-8-4)40-60-47(52)34-30-26-15-11-7-3/h44-46,51H,5-43H2,1-4H3,(H,56,57)(H,58,59)/t44-,45+,46+/m0/s1. The Hall–Kier alpha value is -1.94. The maximum absolute atomic E-state index is 12.8. The van der Waals surface area contributed by atoms with Crippen LogP contribution in [0.3, 0.4) is 0 Å². The fourth-order valence-electron chi connectivity index (χ4n) is 7.16. The first-order valence-corrected chi connectivity index (χ1v) is 29.8. The maximum atomic E-state index is 12.8. The van der Waals surface area contributed by atoms with Gasteiger partial charge in [-0.05, 0) is 25.7 Å². The summed E-state index contributed by atoms with van der Waals surface area (Å²) >= 11 is 0. The van der Waals surface area contributed by atoms with Crippen molar-refractivity contribution in [2.24, 2.45) is 0 Å². The molecule has 0 saturated carbocycles. The lowest BCUT2D eigenvalue weighted by atomic mass is 10.1. The Balaban J connectivity index is 5.15. The molecule has 0 spiro atoms. The smallest absolute Gasteiger partial charge is 0.462 e. The van der Waals surface area contributed by atoms with Gasteiger partial charge in [-0.3, -0.25) is 37.3 Å². The lowest BCUT2D eigenvalue weighted by Gasteiger charge is -2.21. The maximum Gasteiger partial charge on any atom is 0.472 e. The van der Waals surface area contributed by atoms with Crippen LogP contribution < -0.4 is 0 Å². The molecular formula is C50H96O17P2. The summed E-state index contributed by atoms with van der Waals surface area (Å²) in [6, 6.07) is 0. The molecule has 0 saturated heterocycles. The lowest BCUT2D eigenvalue weighted by molar-refractivity contribution is -0.161. The number of aliphatic hydroxyl groups is 1. The van der Waals surface area contributed by atoms with Gasteiger partial charge in [-0.2, -0.15) is 0 Å². The Morgan fingerprint density at radius 2 is 0.580 bits per heavy atom. The summed E-state index contributed by atoms with van der Waals surface area (Å²) in [4.78, 5) is 70.9. The number of esters is 4. The van der Waals surface area contributed by atoms with E-state index in [1.54, 1.807) is 0 Å². The van der Waals surface area contributed by atoms with E-state index >= 15 is 0 Å². The molecule has 17 nitrogen and oxygen atoms in total. The highest BCUT2D eigenvalue weighted by Crippen LogP contribution is 2.45. The van der Waals surface area contributed by atoms with Gasteiger partial charge in [-0.1, -0.05) is 188 Å². The second-order valence-corrected chi connectivity index (χ2v) is 21.1. The minimum Gasteiger partial charge on any atom is -0.462 e. The second kappa shape index (κ2) is 45.9. The Labute approximate surface area is 416 Å². The van der Waals surface area contributed by atoms with Gasteiger partial charge in [0, 0.05) is 25.7 Å². The SMILES string of the molecule is CCCCCCCCCCCCC(=O)O[C@H](COC(=O)CCCCCCCCCCC)COP(=O)(O)OC[C@@H](O)COP(=O)(O)OC[C@@H](COC(=O)CCCCCCC)OC(=O)CCCCCCC. The number of aliphatic hydroxyl groups excluding tert-OH is 1. The average molecular weight is 1030 g/mol. The van der Waals surface area contributed by atoms with Gasteiger partial charge in [0.25, 0.3) is 0 Å². The number of ether oxygens (including phenoxy) is 4. The van der Waals surface area contributed by atoms with Crippen molar-refractivity contribution in [1.29, 1.82) is 0 Å². The van der Waals surface area contributed by atoms with Crippen molar-refractivity contribution in [3.8, 4) is 0 Å². The normalized spacial score (nSPS) is 14.6. The van der Waals surface area contributed by atoms with Crippen LogP contribution in [0.5, 0.6) is 0 Å². The zero-order valence-corrected chi connectivity index (χ0v) is 45.0. The molecule has 0 amide bonds. The Morgan fingerprint density at radius 1 is 0.348 bits per heavy atom. The van der Waals surface area contributed by atoms with Crippen LogP contribution in [0.4, 0.5) is 0 Å². The number of unbranched alkanes of at least 4 members (excludes halogenated alkanes) is 25. The van der Waals surface area contributed by atoms with Gasteiger partial charge in [-0.25, -0.2) is 9.13 Å². The van der Waals surface area contributed by atoms with E-state index in [-0.39, 0.29) is 25.7 Å². The van der Waals surface area contributed by atoms with Gasteiger partial charge in [0.15, 0.2) is 12.2 Å². The number of hydrogen-bond acceptors (Lipinski definition) is 15. The molecular weight excluding hydrogens is 934 g/mol. The molecule has 19 heteroatoms. The molecule has 2 unspecified atom stereocenters. The van der Waals surface area contributed by atoms with Crippen molar-refractivity contribution in [3.05, 3.63) is 0 Å². The first-order chi connectivity index (χ1) is 33.2. The van der Waals surface area contributed by atoms with Crippen LogP contribution in [-0.2, 0) is 65.4 Å². The zero-order valence-electron chi connectivity index (χ0n) is 43.3. The van der Waals surface area contributed by atoms with Crippen LogP contribution in [0.1, 0.15) is 240 Å². The van der Waals surface area contributed by atoms with Gasteiger partial charge in [0.1, 0.15) is 19.3 Å². The van der Waals surface area contributed by atoms with E-state index in [0.717, 1.165) is 96.3 Å². The summed E-state index contributed by atoms with van der Waals surface area (Å²) in [6.45, 7) is 4.58. The highest BCUT2D eigenvalue weighted by Gasteiger charge is 2.30. The number of phosphoric ester groups is 2. The molecule has 0 aromatic rings. The molecule has 0 radical (unpaired) electrons. The minimum absolute atomic E-state index is 0.0988. The summed E-state index contributed by atoms with van der Waals surface area (Å²) in [5.41, 5.74) is 0. The van der Waals surface area contributed by atoms with Crippen molar-refractivity contribution in [2.75, 3.05) is 39.6 Å². The molecule has 0 bridgehead atoms. The minimum atomic E-state index is -4.92. The summed E-state index contributed by atoms with van der Waals surface area (Å²) in [5.74, 6) is -2.18. The van der Waals surface area contributed by atoms with Crippen molar-refractivity contribution < 1.29 is 80.2 Å². The number of hydrogen-bond donors (Lipinski definition) is 3. The van der Waals surface area contributed by atoms with Crippen LogP contribution >= 0.6 is 15.6 Å². The third-order valence-corrected chi connectivity index (χ3v) is 13.3. The van der Waals surface area contributed by atoms with E-state index in [0.29, 0.717) is 25.7 Å². The molecule has 69 heavy (non-hydrogen) atoms. The molecule has 0 aliphatic rings. The number of rotatable bonds is 51. The van der Waals surface area contributed by atoms with E-state index < -0.39 is 97.5 Å². The topological polar surface area (TPSA) is 237 Å². The zero-order chi connectivity index (χ0) is 51.3. The van der Waals surface area contributed by atoms with E-state index in [9.17, 15) is 43.2 Å². The second-order valence-electron chi connectivity index (χ2n) is 18.2. The van der Waals surface area contributed by atoms with Crippen molar-refractivity contribution >= 4 is 39.5 Å². The van der Waals surface area contributed by atoms with Gasteiger partial charge in [0.05, 0.1) is 26.4 Å². The average Bonchev–Trinajstić information content (AvgIpc) is 3.31. The summed E-state index contributed by atoms with van der Waals surface area (Å²) in [5, 5.41) is 10.4. The first kappa shape index (κ1) is 67.1. The molecule has 5 atom stereocenters. The molecule has 0 heterocycles. The third-order valence-electron chi connectivity index (χ3n) is 11.4. The fraction of sp³-hybridized carbons (Fsp3) is 0.920. The van der Waals surface area contributed by atoms with Gasteiger partial charge in [-0.15, -0.1) is 0 Å². The van der Waals surface area contributed by atoms with Crippen molar-refractivity contribution in [2.45, 2.75) is 258 Å². The van der Waals surface area contributed by atoms with Gasteiger partial charge >= 0.3 is 39.5 Å². The Morgan fingerprint density at radius 3 is 0.855 bits per heavy atom. The summed E-state index contributed by atoms with van der Waals surface area (Å²) in [6.07, 6.45) is 26.0. The molecule has 0 fully saturated rings. The number of phosphoric acid groups is 2. The lowest BCUT2D eigenvalue weighted by Crippen LogP contribution is -2.30. The fourth-order valence-corrected chi connectivity index (χ4v) is 8.74. The van der Waals surface area contributed by atoms with E-state index in [2.05, 4.69) is 27.7 Å². The molecule has 0 aromatic carbocycles. The quantitative estimate of drug-likeness (QED) is 0.0222. The van der Waals surface area contributed by atoms with E-state index in [1.165, 1.54) is 64.2 Å². The van der Waals surface area contributed by atoms with Crippen molar-refractivity contribution in [3.63, 3.8) is 0 Å². The molecule has 0 aliphatic heterocycles. The molecule has 0 rings (SSSR count). The molecule has 408 valence electrons. The molecule has 0 aromatic heterocycles. The van der Waals surface area contributed by atoms with Crippen LogP contribution in [0.2, 0.25) is 0 Å². The van der Waals surface area contributed by atoms with Crippen LogP contribution in [0.25, 0.3) is 0 Å². The molecule has 3 N–H and O–H groups in total. The van der Waals surface area contributed by atoms with Crippen LogP contribution in [0, 0.1) is 0 Å². The third kappa shape index (κ3) is 45.7. The number of carbonyl (C=O) groups is 4. The first-order valence-electron chi connectivity index (χ1n) is 26.8. The van der Waals surface area contributed by atoms with E-state index in [1.807, 2.05) is 0 Å². The monoisotopic (exact) mass is 1030 g/mol. The Bertz CT molecular complexity index is 1370. The van der Waals surface area contributed by atoms with Gasteiger partial charge in [0.2, 0.25) is 0 Å². The largest absolute Gasteiger partial charge is 0.472 e. The van der Waals surface area contributed by atoms with Gasteiger partial charge < -0.3 is 33.8 Å². The molecule has 0 aliphatic carbocycles. The van der Waals surface area contributed by atoms with Crippen LogP contribution in [-0.4, -0.2) is 96.7 Å². The summed E-state index contributed by atoms with van der Waals surface area (Å²) < 4.78 is 66.9. The predicted octanol–water partition coefficient (Wildman–Crippen LogP) is 12.5. The Kier molecular flexibility index (Phi) is 44.6. The van der Waals surface area contributed by atoms with E-state index in [4.69, 9.17) is 37.0 Å².